The second-order valence-electron chi connectivity index (χ2n) is 5.87. The molecule has 3 aromatic rings. The Morgan fingerprint density at radius 3 is 2.61 bits per heavy atom. The van der Waals surface area contributed by atoms with E-state index in [1.807, 2.05) is 32.0 Å². The molecule has 3 rings (SSSR count). The minimum atomic E-state index is -0.344. The summed E-state index contributed by atoms with van der Waals surface area (Å²) in [6.07, 6.45) is 0. The molecule has 0 spiro atoms. The fraction of sp³-hybridized carbons (Fsp3) is 0.158. The first kappa shape index (κ1) is 20.3. The van der Waals surface area contributed by atoms with Crippen LogP contribution in [-0.4, -0.2) is 27.3 Å². The number of halogens is 1. The van der Waals surface area contributed by atoms with E-state index in [2.05, 4.69) is 20.8 Å². The van der Waals surface area contributed by atoms with Gasteiger partial charge in [0.05, 0.1) is 5.25 Å². The van der Waals surface area contributed by atoms with Crippen molar-refractivity contribution < 1.29 is 9.59 Å². The van der Waals surface area contributed by atoms with E-state index in [0.717, 1.165) is 9.90 Å². The fourth-order valence-corrected chi connectivity index (χ4v) is 4.00. The van der Waals surface area contributed by atoms with Crippen molar-refractivity contribution in [3.63, 3.8) is 0 Å². The lowest BCUT2D eigenvalue weighted by Crippen LogP contribution is -2.22. The van der Waals surface area contributed by atoms with Crippen LogP contribution in [0.2, 0.25) is 5.02 Å². The SMILES string of the molecule is Cc1nnc(NC(=O)C(C)Sc2cccc(NC(=O)c3cccc(Cl)c3)c2)s1. The number of anilines is 2. The number of benzene rings is 2. The molecule has 0 aliphatic heterocycles. The molecule has 2 amide bonds. The maximum absolute atomic E-state index is 12.4. The van der Waals surface area contributed by atoms with E-state index in [0.29, 0.717) is 21.4 Å². The molecule has 2 N–H and O–H groups in total. The van der Waals surface area contributed by atoms with Crippen LogP contribution in [-0.2, 0) is 4.79 Å². The highest BCUT2D eigenvalue weighted by molar-refractivity contribution is 8.00. The van der Waals surface area contributed by atoms with Crippen molar-refractivity contribution in [2.45, 2.75) is 24.0 Å². The second kappa shape index (κ2) is 9.18. The molecule has 1 atom stereocenters. The van der Waals surface area contributed by atoms with Gasteiger partial charge in [0.2, 0.25) is 11.0 Å². The summed E-state index contributed by atoms with van der Waals surface area (Å²) in [4.78, 5) is 25.6. The van der Waals surface area contributed by atoms with Crippen LogP contribution in [0, 0.1) is 6.92 Å². The van der Waals surface area contributed by atoms with Gasteiger partial charge in [-0.15, -0.1) is 22.0 Å². The summed E-state index contributed by atoms with van der Waals surface area (Å²) in [6.45, 7) is 3.64. The summed E-state index contributed by atoms with van der Waals surface area (Å²) < 4.78 is 0. The highest BCUT2D eigenvalue weighted by atomic mass is 35.5. The summed E-state index contributed by atoms with van der Waals surface area (Å²) in [5.74, 6) is -0.406. The van der Waals surface area contributed by atoms with Gasteiger partial charge >= 0.3 is 0 Å². The zero-order valence-electron chi connectivity index (χ0n) is 15.1. The van der Waals surface area contributed by atoms with Crippen molar-refractivity contribution in [1.82, 2.24) is 10.2 Å². The molecule has 0 bridgehead atoms. The zero-order valence-corrected chi connectivity index (χ0v) is 17.5. The zero-order chi connectivity index (χ0) is 20.1. The highest BCUT2D eigenvalue weighted by Gasteiger charge is 2.16. The Morgan fingerprint density at radius 1 is 1.11 bits per heavy atom. The number of nitrogens with zero attached hydrogens (tertiary/aromatic N) is 2. The summed E-state index contributed by atoms with van der Waals surface area (Å²) in [7, 11) is 0. The van der Waals surface area contributed by atoms with Crippen LogP contribution < -0.4 is 10.6 Å². The molecule has 0 radical (unpaired) electrons. The number of aryl methyl sites for hydroxylation is 1. The molecule has 2 aromatic carbocycles. The highest BCUT2D eigenvalue weighted by Crippen LogP contribution is 2.27. The van der Waals surface area contributed by atoms with Crippen molar-refractivity contribution in [3.8, 4) is 0 Å². The summed E-state index contributed by atoms with van der Waals surface area (Å²) in [5, 5.41) is 14.8. The quantitative estimate of drug-likeness (QED) is 0.543. The van der Waals surface area contributed by atoms with Gasteiger partial charge in [0.15, 0.2) is 0 Å². The van der Waals surface area contributed by atoms with E-state index in [1.54, 1.807) is 30.3 Å². The Kier molecular flexibility index (Phi) is 6.66. The molecule has 1 aromatic heterocycles. The van der Waals surface area contributed by atoms with Crippen molar-refractivity contribution in [2.24, 2.45) is 0 Å². The number of thioether (sulfide) groups is 1. The van der Waals surface area contributed by atoms with Crippen molar-refractivity contribution in [3.05, 3.63) is 64.1 Å². The Bertz CT molecular complexity index is 1010. The first-order valence-electron chi connectivity index (χ1n) is 8.35. The largest absolute Gasteiger partial charge is 0.322 e. The van der Waals surface area contributed by atoms with Crippen molar-refractivity contribution in [2.75, 3.05) is 10.6 Å². The van der Waals surface area contributed by atoms with Crippen LogP contribution in [0.25, 0.3) is 0 Å². The van der Waals surface area contributed by atoms with Crippen LogP contribution in [0.15, 0.2) is 53.4 Å². The molecule has 0 fully saturated rings. The van der Waals surface area contributed by atoms with Crippen LogP contribution in [0.4, 0.5) is 10.8 Å². The third-order valence-electron chi connectivity index (χ3n) is 3.62. The van der Waals surface area contributed by atoms with Crippen LogP contribution in [0.1, 0.15) is 22.3 Å². The normalized spacial score (nSPS) is 11.7. The molecule has 9 heteroatoms. The molecule has 0 aliphatic rings. The van der Waals surface area contributed by atoms with E-state index in [-0.39, 0.29) is 17.1 Å². The molecular weight excluding hydrogens is 416 g/mol. The molecule has 0 saturated heterocycles. The lowest BCUT2D eigenvalue weighted by molar-refractivity contribution is -0.115. The minimum absolute atomic E-state index is 0.158. The molecule has 28 heavy (non-hydrogen) atoms. The van der Waals surface area contributed by atoms with Crippen LogP contribution in [0.3, 0.4) is 0 Å². The maximum Gasteiger partial charge on any atom is 0.255 e. The predicted molar refractivity (Wildman–Crippen MR) is 114 cm³/mol. The maximum atomic E-state index is 12.4. The molecule has 1 unspecified atom stereocenters. The number of amides is 2. The standard InChI is InChI=1S/C19H17ClN4O2S2/c1-11(17(25)22-19-24-23-12(2)28-19)27-16-8-4-7-15(10-16)21-18(26)13-5-3-6-14(20)9-13/h3-11H,1-2H3,(H,21,26)(H,22,24,25). The Hall–Kier alpha value is -2.42. The van der Waals surface area contributed by atoms with Gasteiger partial charge in [0.25, 0.3) is 5.91 Å². The van der Waals surface area contributed by atoms with E-state index in [4.69, 9.17) is 11.6 Å². The van der Waals surface area contributed by atoms with Crippen LogP contribution >= 0.6 is 34.7 Å². The lowest BCUT2D eigenvalue weighted by Gasteiger charge is -2.12. The van der Waals surface area contributed by atoms with E-state index < -0.39 is 0 Å². The van der Waals surface area contributed by atoms with Gasteiger partial charge in [-0.25, -0.2) is 0 Å². The van der Waals surface area contributed by atoms with Gasteiger partial charge in [0, 0.05) is 21.2 Å². The van der Waals surface area contributed by atoms with E-state index in [1.165, 1.54) is 23.1 Å². The Morgan fingerprint density at radius 2 is 1.89 bits per heavy atom. The molecule has 0 aliphatic carbocycles. The number of carbonyl (C=O) groups excluding carboxylic acids is 2. The van der Waals surface area contributed by atoms with Crippen LogP contribution in [0.5, 0.6) is 0 Å². The van der Waals surface area contributed by atoms with Gasteiger partial charge in [-0.3, -0.25) is 14.9 Å². The summed E-state index contributed by atoms with van der Waals surface area (Å²) in [5.41, 5.74) is 1.12. The van der Waals surface area contributed by atoms with Gasteiger partial charge in [-0.2, -0.15) is 0 Å². The molecule has 144 valence electrons. The van der Waals surface area contributed by atoms with Gasteiger partial charge in [0.1, 0.15) is 5.01 Å². The first-order valence-corrected chi connectivity index (χ1v) is 10.4. The second-order valence-corrected chi connectivity index (χ2v) is 8.90. The number of aromatic nitrogens is 2. The lowest BCUT2D eigenvalue weighted by atomic mass is 10.2. The predicted octanol–water partition coefficient (Wildman–Crippen LogP) is 4.87. The summed E-state index contributed by atoms with van der Waals surface area (Å²) in [6, 6.07) is 14.1. The van der Waals surface area contributed by atoms with Gasteiger partial charge in [-0.05, 0) is 50.2 Å². The number of hydrogen-bond donors (Lipinski definition) is 2. The molecule has 6 nitrogen and oxygen atoms in total. The smallest absolute Gasteiger partial charge is 0.255 e. The average Bonchev–Trinajstić information content (AvgIpc) is 3.06. The number of hydrogen-bond acceptors (Lipinski definition) is 6. The Balaban J connectivity index is 1.62. The minimum Gasteiger partial charge on any atom is -0.322 e. The monoisotopic (exact) mass is 432 g/mol. The number of rotatable bonds is 6. The molecule has 0 saturated carbocycles. The molecular formula is C19H17ClN4O2S2. The fourth-order valence-electron chi connectivity index (χ4n) is 2.29. The summed E-state index contributed by atoms with van der Waals surface area (Å²) >= 11 is 8.65. The molecule has 1 heterocycles. The van der Waals surface area contributed by atoms with E-state index >= 15 is 0 Å². The van der Waals surface area contributed by atoms with Gasteiger partial charge in [-0.1, -0.05) is 35.1 Å². The first-order chi connectivity index (χ1) is 13.4. The van der Waals surface area contributed by atoms with E-state index in [9.17, 15) is 9.59 Å². The average molecular weight is 433 g/mol. The van der Waals surface area contributed by atoms with Gasteiger partial charge < -0.3 is 5.32 Å². The van der Waals surface area contributed by atoms with Crippen molar-refractivity contribution in [1.29, 1.82) is 0 Å². The third kappa shape index (κ3) is 5.54. The Labute approximate surface area is 175 Å². The third-order valence-corrected chi connectivity index (χ3v) is 5.70. The topological polar surface area (TPSA) is 84.0 Å². The number of nitrogens with one attached hydrogen (secondary N) is 2. The number of carbonyl (C=O) groups is 2. The van der Waals surface area contributed by atoms with Crippen molar-refractivity contribution >= 4 is 57.3 Å².